The standard InChI is InChI=1S/C30H36N4O3/c1-20-16-27(24-4-2-5-24)28(33-30(36)32-19-25-6-3-15-37-25)17-26(20)29(35)34-13-11-23(12-14-34)22-9-7-21(18-31)8-10-22/h7-10,16-17,23-25H,2-6,11-15,19H2,1H3,(H2,32,33,36)/t25-/m0/s1. The Kier molecular flexibility index (Phi) is 7.76. The number of anilines is 1. The lowest BCUT2D eigenvalue weighted by atomic mass is 9.78. The lowest BCUT2D eigenvalue weighted by Gasteiger charge is -2.33. The molecule has 0 bridgehead atoms. The number of hydrogen-bond donors (Lipinski definition) is 2. The number of carbonyl (C=O) groups is 2. The SMILES string of the molecule is Cc1cc(C2CCC2)c(NC(=O)NC[C@@H]2CCCO2)cc1C(=O)N1CCC(c2ccc(C#N)cc2)CC1. The number of carbonyl (C=O) groups excluding carboxylic acids is 2. The maximum Gasteiger partial charge on any atom is 0.319 e. The molecule has 2 aliphatic heterocycles. The Bertz CT molecular complexity index is 1170. The Balaban J connectivity index is 1.27. The first-order valence-corrected chi connectivity index (χ1v) is 13.6. The third kappa shape index (κ3) is 5.80. The van der Waals surface area contributed by atoms with Crippen LogP contribution in [0.15, 0.2) is 36.4 Å². The van der Waals surface area contributed by atoms with Crippen molar-refractivity contribution in [1.29, 1.82) is 5.26 Å². The molecule has 0 spiro atoms. The molecule has 2 aromatic rings. The number of amides is 3. The first-order chi connectivity index (χ1) is 18.0. The molecule has 1 aliphatic carbocycles. The number of piperidine rings is 1. The second-order valence-electron chi connectivity index (χ2n) is 10.7. The molecule has 0 radical (unpaired) electrons. The number of hydrogen-bond acceptors (Lipinski definition) is 4. The predicted octanol–water partition coefficient (Wildman–Crippen LogP) is 5.45. The van der Waals surface area contributed by atoms with Crippen LogP contribution in [-0.4, -0.2) is 49.2 Å². The van der Waals surface area contributed by atoms with E-state index >= 15 is 0 Å². The molecule has 194 valence electrons. The van der Waals surface area contributed by atoms with Gasteiger partial charge in [0, 0.05) is 37.5 Å². The average molecular weight is 501 g/mol. The minimum atomic E-state index is -0.249. The van der Waals surface area contributed by atoms with Gasteiger partial charge in [-0.2, -0.15) is 5.26 Å². The van der Waals surface area contributed by atoms with Gasteiger partial charge in [-0.05, 0) is 92.2 Å². The highest BCUT2D eigenvalue weighted by atomic mass is 16.5. The van der Waals surface area contributed by atoms with Crippen molar-refractivity contribution in [3.63, 3.8) is 0 Å². The lowest BCUT2D eigenvalue weighted by Crippen LogP contribution is -2.38. The number of ether oxygens (including phenoxy) is 1. The zero-order chi connectivity index (χ0) is 25.8. The number of benzene rings is 2. The molecule has 1 atom stereocenters. The molecule has 0 unspecified atom stereocenters. The number of nitrogens with one attached hydrogen (secondary N) is 2. The van der Waals surface area contributed by atoms with E-state index in [1.54, 1.807) is 0 Å². The lowest BCUT2D eigenvalue weighted by molar-refractivity contribution is 0.0712. The zero-order valence-electron chi connectivity index (χ0n) is 21.6. The molecule has 3 amide bonds. The summed E-state index contributed by atoms with van der Waals surface area (Å²) in [6.07, 6.45) is 7.31. The van der Waals surface area contributed by atoms with E-state index < -0.39 is 0 Å². The minimum Gasteiger partial charge on any atom is -0.376 e. The van der Waals surface area contributed by atoms with Crippen LogP contribution in [0.5, 0.6) is 0 Å². The third-order valence-corrected chi connectivity index (χ3v) is 8.23. The summed E-state index contributed by atoms with van der Waals surface area (Å²) in [5.41, 5.74) is 5.40. The van der Waals surface area contributed by atoms with Gasteiger partial charge >= 0.3 is 6.03 Å². The second kappa shape index (κ2) is 11.4. The quantitative estimate of drug-likeness (QED) is 0.551. The number of likely N-dealkylation sites (tertiary alicyclic amines) is 1. The summed E-state index contributed by atoms with van der Waals surface area (Å²) in [7, 11) is 0. The molecule has 2 N–H and O–H groups in total. The van der Waals surface area contributed by atoms with Gasteiger partial charge in [0.25, 0.3) is 5.91 Å². The molecule has 5 rings (SSSR count). The first-order valence-electron chi connectivity index (χ1n) is 13.6. The second-order valence-corrected chi connectivity index (χ2v) is 10.7. The van der Waals surface area contributed by atoms with Crippen molar-refractivity contribution in [3.05, 3.63) is 64.2 Å². The van der Waals surface area contributed by atoms with Gasteiger partial charge in [0.15, 0.2) is 0 Å². The topological polar surface area (TPSA) is 94.5 Å². The molecule has 2 heterocycles. The molecule has 7 heteroatoms. The van der Waals surface area contributed by atoms with E-state index in [1.165, 1.54) is 12.0 Å². The summed E-state index contributed by atoms with van der Waals surface area (Å²) < 4.78 is 5.62. The van der Waals surface area contributed by atoms with E-state index in [4.69, 9.17) is 10.00 Å². The van der Waals surface area contributed by atoms with Crippen LogP contribution in [0.4, 0.5) is 10.5 Å². The van der Waals surface area contributed by atoms with Gasteiger partial charge in [0.2, 0.25) is 0 Å². The van der Waals surface area contributed by atoms with Crippen LogP contribution in [0.2, 0.25) is 0 Å². The predicted molar refractivity (Wildman–Crippen MR) is 143 cm³/mol. The normalized spacial score (nSPS) is 20.2. The van der Waals surface area contributed by atoms with E-state index in [9.17, 15) is 9.59 Å². The van der Waals surface area contributed by atoms with E-state index in [0.29, 0.717) is 42.6 Å². The monoisotopic (exact) mass is 500 g/mol. The fourth-order valence-electron chi connectivity index (χ4n) is 5.72. The highest BCUT2D eigenvalue weighted by Gasteiger charge is 2.29. The molecule has 7 nitrogen and oxygen atoms in total. The summed E-state index contributed by atoms with van der Waals surface area (Å²) in [4.78, 5) is 28.3. The van der Waals surface area contributed by atoms with Crippen molar-refractivity contribution < 1.29 is 14.3 Å². The molecule has 37 heavy (non-hydrogen) atoms. The van der Waals surface area contributed by atoms with Gasteiger partial charge in [0.1, 0.15) is 0 Å². The Morgan fingerprint density at radius 2 is 1.78 bits per heavy atom. The minimum absolute atomic E-state index is 0.0266. The third-order valence-electron chi connectivity index (χ3n) is 8.23. The van der Waals surface area contributed by atoms with Crippen LogP contribution in [0.1, 0.15) is 89.4 Å². The van der Waals surface area contributed by atoms with Crippen molar-refractivity contribution in [2.45, 2.75) is 69.8 Å². The van der Waals surface area contributed by atoms with Crippen LogP contribution >= 0.6 is 0 Å². The maximum atomic E-state index is 13.6. The molecule has 2 saturated heterocycles. The summed E-state index contributed by atoms with van der Waals surface area (Å²) >= 11 is 0. The molecule has 2 aromatic carbocycles. The van der Waals surface area contributed by atoms with E-state index in [1.807, 2.05) is 42.2 Å². The van der Waals surface area contributed by atoms with Crippen LogP contribution < -0.4 is 10.6 Å². The smallest absolute Gasteiger partial charge is 0.319 e. The Morgan fingerprint density at radius 1 is 1.03 bits per heavy atom. The summed E-state index contributed by atoms with van der Waals surface area (Å²) in [5.74, 6) is 0.849. The highest BCUT2D eigenvalue weighted by Crippen LogP contribution is 2.41. The number of rotatable bonds is 6. The summed E-state index contributed by atoms with van der Waals surface area (Å²) in [6, 6.07) is 13.7. The average Bonchev–Trinajstić information content (AvgIpc) is 3.42. The van der Waals surface area contributed by atoms with Gasteiger partial charge < -0.3 is 20.3 Å². The highest BCUT2D eigenvalue weighted by molar-refractivity contribution is 5.99. The van der Waals surface area contributed by atoms with Crippen molar-refractivity contribution in [1.82, 2.24) is 10.2 Å². The van der Waals surface area contributed by atoms with Crippen LogP contribution in [0.25, 0.3) is 0 Å². The van der Waals surface area contributed by atoms with Gasteiger partial charge in [-0.1, -0.05) is 24.6 Å². The van der Waals surface area contributed by atoms with Gasteiger partial charge in [-0.15, -0.1) is 0 Å². The molecular weight excluding hydrogens is 464 g/mol. The molecule has 3 aliphatic rings. The first kappa shape index (κ1) is 25.3. The summed E-state index contributed by atoms with van der Waals surface area (Å²) in [6.45, 7) is 4.64. The molecule has 3 fully saturated rings. The zero-order valence-corrected chi connectivity index (χ0v) is 21.6. The number of nitrogens with zero attached hydrogens (tertiary/aromatic N) is 2. The van der Waals surface area contributed by atoms with Crippen LogP contribution in [-0.2, 0) is 4.74 Å². The van der Waals surface area contributed by atoms with E-state index in [0.717, 1.165) is 61.9 Å². The summed E-state index contributed by atoms with van der Waals surface area (Å²) in [5, 5.41) is 15.0. The van der Waals surface area contributed by atoms with Crippen molar-refractivity contribution >= 4 is 17.6 Å². The van der Waals surface area contributed by atoms with Crippen LogP contribution in [0.3, 0.4) is 0 Å². The fraction of sp³-hybridized carbons (Fsp3) is 0.500. The Hall–Kier alpha value is -3.37. The number of urea groups is 1. The van der Waals surface area contributed by atoms with E-state index in [2.05, 4.69) is 22.8 Å². The fourth-order valence-corrected chi connectivity index (χ4v) is 5.72. The molecule has 1 saturated carbocycles. The van der Waals surface area contributed by atoms with E-state index in [-0.39, 0.29) is 18.0 Å². The number of aryl methyl sites for hydroxylation is 1. The van der Waals surface area contributed by atoms with Crippen LogP contribution in [0, 0.1) is 18.3 Å². The Morgan fingerprint density at radius 3 is 2.41 bits per heavy atom. The molecule has 0 aromatic heterocycles. The molecular formula is C30H36N4O3. The van der Waals surface area contributed by atoms with Crippen molar-refractivity contribution in [3.8, 4) is 6.07 Å². The largest absolute Gasteiger partial charge is 0.376 e. The Labute approximate surface area is 219 Å². The van der Waals surface area contributed by atoms with Gasteiger partial charge in [-0.3, -0.25) is 4.79 Å². The number of nitriles is 1. The van der Waals surface area contributed by atoms with Crippen molar-refractivity contribution in [2.75, 3.05) is 31.6 Å². The van der Waals surface area contributed by atoms with Gasteiger partial charge in [-0.25, -0.2) is 4.79 Å². The van der Waals surface area contributed by atoms with Crippen molar-refractivity contribution in [2.24, 2.45) is 0 Å². The maximum absolute atomic E-state index is 13.6. The van der Waals surface area contributed by atoms with Gasteiger partial charge in [0.05, 0.1) is 17.7 Å².